The van der Waals surface area contributed by atoms with Crippen molar-refractivity contribution in [2.75, 3.05) is 6.61 Å². The minimum atomic E-state index is -0.906. The van der Waals surface area contributed by atoms with Gasteiger partial charge in [-0.2, -0.15) is 5.10 Å². The summed E-state index contributed by atoms with van der Waals surface area (Å²) in [5.41, 5.74) is 1.86. The lowest BCUT2D eigenvalue weighted by molar-refractivity contribution is -0.158. The summed E-state index contributed by atoms with van der Waals surface area (Å²) in [4.78, 5) is 29.3. The van der Waals surface area contributed by atoms with Gasteiger partial charge in [-0.1, -0.05) is 37.1 Å². The number of esters is 1. The van der Waals surface area contributed by atoms with Crippen LogP contribution in [-0.2, 0) is 19.7 Å². The molecule has 3 heterocycles. The largest absolute Gasteiger partial charge is 0.455 e. The first-order valence-corrected chi connectivity index (χ1v) is 14.9. The van der Waals surface area contributed by atoms with Crippen molar-refractivity contribution in [2.45, 2.75) is 56.4 Å². The van der Waals surface area contributed by atoms with Gasteiger partial charge in [0, 0.05) is 15.7 Å². The second-order valence-electron chi connectivity index (χ2n) is 10.2. The molecule has 2 fully saturated rings. The molecule has 1 aliphatic heterocycles. The number of ether oxygens (including phenoxy) is 1. The highest BCUT2D eigenvalue weighted by atomic mass is 32.1. The summed E-state index contributed by atoms with van der Waals surface area (Å²) in [6.45, 7) is -0.384. The molecule has 0 spiro atoms. The van der Waals surface area contributed by atoms with Crippen molar-refractivity contribution in [1.82, 2.24) is 5.01 Å². The van der Waals surface area contributed by atoms with Crippen LogP contribution in [0.3, 0.4) is 0 Å². The molecule has 0 saturated heterocycles. The van der Waals surface area contributed by atoms with Crippen LogP contribution in [-0.4, -0.2) is 29.2 Å². The number of carbonyl (C=O) groups excluding carboxylic acids is 2. The minimum absolute atomic E-state index is 0.113. The molecule has 3 aliphatic rings. The number of hydrogen-bond acceptors (Lipinski definition) is 6. The van der Waals surface area contributed by atoms with Gasteiger partial charge in [-0.05, 0) is 84.3 Å². The number of fused-ring (bicyclic) bond motifs is 1. The fraction of sp³-hybridized carbons (Fsp3) is 0.367. The molecule has 1 amide bonds. The highest BCUT2D eigenvalue weighted by Crippen LogP contribution is 2.46. The van der Waals surface area contributed by atoms with Crippen LogP contribution < -0.4 is 0 Å². The van der Waals surface area contributed by atoms with Gasteiger partial charge in [-0.25, -0.2) is 9.40 Å². The van der Waals surface area contributed by atoms with E-state index in [0.717, 1.165) is 42.7 Å². The molecule has 38 heavy (non-hydrogen) atoms. The molecule has 3 aromatic rings. The molecule has 2 aliphatic carbocycles. The number of nitrogens with zero attached hydrogens (tertiary/aromatic N) is 2. The fourth-order valence-electron chi connectivity index (χ4n) is 6.20. The van der Waals surface area contributed by atoms with E-state index in [1.54, 1.807) is 39.8 Å². The maximum atomic E-state index is 14.0. The van der Waals surface area contributed by atoms with Crippen molar-refractivity contribution in [3.8, 4) is 0 Å². The number of allylic oxidation sites excluding steroid dienone is 1. The highest BCUT2D eigenvalue weighted by Gasteiger charge is 2.47. The monoisotopic (exact) mass is 548 g/mol. The topological polar surface area (TPSA) is 59.0 Å². The Balaban J connectivity index is 1.25. The average molecular weight is 549 g/mol. The maximum Gasteiger partial charge on any atom is 0.317 e. The van der Waals surface area contributed by atoms with Gasteiger partial charge < -0.3 is 4.74 Å². The third-order valence-corrected chi connectivity index (χ3v) is 9.77. The van der Waals surface area contributed by atoms with Gasteiger partial charge in [0.25, 0.3) is 5.91 Å². The molecule has 0 N–H and O–H groups in total. The molecule has 8 heteroatoms. The van der Waals surface area contributed by atoms with Gasteiger partial charge >= 0.3 is 5.97 Å². The molecule has 2 saturated carbocycles. The van der Waals surface area contributed by atoms with E-state index >= 15 is 0 Å². The number of thiophene rings is 2. The van der Waals surface area contributed by atoms with E-state index in [4.69, 9.17) is 9.84 Å². The third-order valence-electron chi connectivity index (χ3n) is 8.00. The predicted molar refractivity (Wildman–Crippen MR) is 148 cm³/mol. The highest BCUT2D eigenvalue weighted by molar-refractivity contribution is 7.11. The zero-order valence-electron chi connectivity index (χ0n) is 21.0. The van der Waals surface area contributed by atoms with Crippen LogP contribution in [0.2, 0.25) is 0 Å². The van der Waals surface area contributed by atoms with E-state index in [1.807, 2.05) is 17.5 Å². The molecule has 6 rings (SSSR count). The Morgan fingerprint density at radius 1 is 1.08 bits per heavy atom. The normalized spacial score (nSPS) is 23.3. The van der Waals surface area contributed by atoms with Crippen LogP contribution in [0.5, 0.6) is 0 Å². The molecule has 5 nitrogen and oxygen atoms in total. The lowest BCUT2D eigenvalue weighted by atomic mass is 9.79. The fourth-order valence-corrected chi connectivity index (χ4v) is 7.75. The zero-order valence-corrected chi connectivity index (χ0v) is 22.6. The molecule has 0 radical (unpaired) electrons. The summed E-state index contributed by atoms with van der Waals surface area (Å²) in [7, 11) is 0. The number of hydrazone groups is 1. The Hall–Kier alpha value is -3.10. The van der Waals surface area contributed by atoms with Gasteiger partial charge in [-0.15, -0.1) is 22.7 Å². The summed E-state index contributed by atoms with van der Waals surface area (Å²) in [5.74, 6) is -1.05. The number of benzene rings is 1. The first-order valence-electron chi connectivity index (χ1n) is 13.2. The van der Waals surface area contributed by atoms with E-state index in [-0.39, 0.29) is 30.3 Å². The van der Waals surface area contributed by atoms with Crippen molar-refractivity contribution in [2.24, 2.45) is 11.0 Å². The molecule has 0 bridgehead atoms. The Labute approximate surface area is 229 Å². The quantitative estimate of drug-likeness (QED) is 0.308. The lowest BCUT2D eigenvalue weighted by Gasteiger charge is -2.29. The Morgan fingerprint density at radius 3 is 2.63 bits per heavy atom. The van der Waals surface area contributed by atoms with E-state index < -0.39 is 11.4 Å². The summed E-state index contributed by atoms with van der Waals surface area (Å²) in [6, 6.07) is 14.2. The molecular weight excluding hydrogens is 519 g/mol. The second-order valence-corrected chi connectivity index (χ2v) is 12.2. The smallest absolute Gasteiger partial charge is 0.317 e. The number of rotatable bonds is 6. The SMILES string of the molecule is O=C(COC(=O)C1(c2cccc(F)c2)CCCC1)N1N=C2/C(=C/c3cccs3)CCC[C@@H]2[C@H]1c1cccs1. The van der Waals surface area contributed by atoms with Gasteiger partial charge in [0.2, 0.25) is 0 Å². The van der Waals surface area contributed by atoms with E-state index in [9.17, 15) is 14.0 Å². The Bertz CT molecular complexity index is 1370. The van der Waals surface area contributed by atoms with Crippen molar-refractivity contribution < 1.29 is 18.7 Å². The Kier molecular flexibility index (Phi) is 7.01. The van der Waals surface area contributed by atoms with Crippen LogP contribution in [0.25, 0.3) is 6.08 Å². The van der Waals surface area contributed by atoms with Crippen LogP contribution in [0, 0.1) is 11.7 Å². The summed E-state index contributed by atoms with van der Waals surface area (Å²) < 4.78 is 19.7. The van der Waals surface area contributed by atoms with Crippen LogP contribution in [0.4, 0.5) is 4.39 Å². The maximum absolute atomic E-state index is 14.0. The van der Waals surface area contributed by atoms with Crippen LogP contribution in [0.1, 0.15) is 66.3 Å². The minimum Gasteiger partial charge on any atom is -0.455 e. The third kappa shape index (κ3) is 4.64. The number of amides is 1. The molecule has 0 unspecified atom stereocenters. The molecule has 2 aromatic heterocycles. The standard InChI is InChI=1S/C30H29FN2O3S2/c31-22-9-4-8-21(18-22)30(13-1-2-14-30)29(35)36-19-26(34)33-28(25-12-6-16-38-25)24-11-3-7-20(27(24)32-33)17-23-10-5-15-37-23/h4-6,8-10,12,15-18,24,28H,1-3,7,11,13-14,19H2/b20-17+/t24-,28-/m0/s1. The van der Waals surface area contributed by atoms with E-state index in [1.165, 1.54) is 22.6 Å². The summed E-state index contributed by atoms with van der Waals surface area (Å²) >= 11 is 3.31. The predicted octanol–water partition coefficient (Wildman–Crippen LogP) is 7.13. The van der Waals surface area contributed by atoms with Crippen molar-refractivity contribution in [3.05, 3.63) is 86.0 Å². The number of halogens is 1. The molecular formula is C30H29FN2O3S2. The number of hydrogen-bond donors (Lipinski definition) is 0. The lowest BCUT2D eigenvalue weighted by Crippen LogP contribution is -2.39. The molecule has 2 atom stereocenters. The first kappa shape index (κ1) is 25.2. The van der Waals surface area contributed by atoms with Gasteiger partial charge in [0.15, 0.2) is 6.61 Å². The van der Waals surface area contributed by atoms with Gasteiger partial charge in [0.1, 0.15) is 5.82 Å². The first-order chi connectivity index (χ1) is 18.5. The van der Waals surface area contributed by atoms with E-state index in [2.05, 4.69) is 23.6 Å². The van der Waals surface area contributed by atoms with Crippen molar-refractivity contribution >= 4 is 46.3 Å². The van der Waals surface area contributed by atoms with Gasteiger partial charge in [0.05, 0.1) is 17.2 Å². The number of carbonyl (C=O) groups is 2. The van der Waals surface area contributed by atoms with E-state index in [0.29, 0.717) is 18.4 Å². The van der Waals surface area contributed by atoms with Crippen molar-refractivity contribution in [3.63, 3.8) is 0 Å². The van der Waals surface area contributed by atoms with Gasteiger partial charge in [-0.3, -0.25) is 9.59 Å². The zero-order chi connectivity index (χ0) is 26.1. The van der Waals surface area contributed by atoms with Crippen LogP contribution in [0.15, 0.2) is 70.0 Å². The Morgan fingerprint density at radius 2 is 1.89 bits per heavy atom. The summed E-state index contributed by atoms with van der Waals surface area (Å²) in [5, 5.41) is 10.5. The van der Waals surface area contributed by atoms with Crippen molar-refractivity contribution in [1.29, 1.82) is 0 Å². The average Bonchev–Trinajstić information content (AvgIpc) is 3.73. The summed E-state index contributed by atoms with van der Waals surface area (Å²) in [6.07, 6.45) is 8.01. The second kappa shape index (κ2) is 10.6. The molecule has 196 valence electrons. The van der Waals surface area contributed by atoms with Crippen LogP contribution >= 0.6 is 22.7 Å². The molecule has 1 aromatic carbocycles.